The molecule has 0 unspecified atom stereocenters. The lowest BCUT2D eigenvalue weighted by molar-refractivity contribution is -0.131. The van der Waals surface area contributed by atoms with Crippen molar-refractivity contribution < 1.29 is 23.4 Å². The number of fused-ring (bicyclic) bond motifs is 1. The molecule has 0 bridgehead atoms. The first-order chi connectivity index (χ1) is 19.5. The molecular weight excluding hydrogens is 554 g/mol. The fourth-order valence-corrected chi connectivity index (χ4v) is 5.16. The molecule has 1 saturated heterocycles. The lowest BCUT2D eigenvalue weighted by atomic mass is 9.99. The van der Waals surface area contributed by atoms with E-state index in [9.17, 15) is 14.3 Å². The summed E-state index contributed by atoms with van der Waals surface area (Å²) in [5.41, 5.74) is -1.06. The molecule has 1 aliphatic rings. The van der Waals surface area contributed by atoms with Gasteiger partial charge in [-0.15, -0.1) is 0 Å². The molecule has 2 atom stereocenters. The molecule has 216 valence electrons. The molecule has 0 saturated carbocycles. The number of hydrogen-bond donors (Lipinski definition) is 1. The normalized spacial score (nSPS) is 18.1. The number of piperazine rings is 1. The predicted octanol–water partition coefficient (Wildman–Crippen LogP) is 5.61. The van der Waals surface area contributed by atoms with Crippen LogP contribution in [-0.4, -0.2) is 67.6 Å². The molecular formula is C29H31ClF2N6O3. The number of carbonyl (C=O) groups excluding carboxylic acids is 1. The number of halogens is 3. The van der Waals surface area contributed by atoms with Crippen LogP contribution in [0.25, 0.3) is 16.5 Å². The van der Waals surface area contributed by atoms with Gasteiger partial charge >= 0.3 is 6.01 Å². The SMILES string of the molecule is C=C(F)/C(=C(O)\C=C/C)c1c(Cl)cc2c(N3C[C@H](C)N(C(C)=O)C[C@H]3C)nc(OCCc3ncccn3)nc2c1F. The van der Waals surface area contributed by atoms with Crippen molar-refractivity contribution in [1.82, 2.24) is 24.8 Å². The molecule has 1 aromatic carbocycles. The van der Waals surface area contributed by atoms with Crippen LogP contribution >= 0.6 is 11.6 Å². The highest BCUT2D eigenvalue weighted by Gasteiger charge is 2.34. The molecule has 3 heterocycles. The van der Waals surface area contributed by atoms with Crippen LogP contribution in [0.4, 0.5) is 14.6 Å². The molecule has 0 spiro atoms. The number of aliphatic hydroxyl groups excluding tert-OH is 1. The van der Waals surface area contributed by atoms with Gasteiger partial charge in [-0.1, -0.05) is 24.3 Å². The summed E-state index contributed by atoms with van der Waals surface area (Å²) in [6.45, 7) is 11.2. The third kappa shape index (κ3) is 6.30. The van der Waals surface area contributed by atoms with Crippen LogP contribution < -0.4 is 9.64 Å². The van der Waals surface area contributed by atoms with Crippen LogP contribution in [0.1, 0.15) is 39.1 Å². The van der Waals surface area contributed by atoms with E-state index in [1.165, 1.54) is 25.1 Å². The van der Waals surface area contributed by atoms with Gasteiger partial charge in [0.15, 0.2) is 5.82 Å². The summed E-state index contributed by atoms with van der Waals surface area (Å²) in [7, 11) is 0. The number of carbonyl (C=O) groups is 1. The van der Waals surface area contributed by atoms with Gasteiger partial charge in [-0.25, -0.2) is 18.7 Å². The van der Waals surface area contributed by atoms with Gasteiger partial charge in [0.05, 0.1) is 17.2 Å². The van der Waals surface area contributed by atoms with Crippen LogP contribution in [0.5, 0.6) is 6.01 Å². The van der Waals surface area contributed by atoms with E-state index in [-0.39, 0.29) is 46.5 Å². The maximum atomic E-state index is 16.3. The Kier molecular flexibility index (Phi) is 9.17. The molecule has 1 amide bonds. The molecule has 0 aliphatic carbocycles. The summed E-state index contributed by atoms with van der Waals surface area (Å²) in [4.78, 5) is 33.2. The van der Waals surface area contributed by atoms with E-state index in [1.807, 2.05) is 18.7 Å². The van der Waals surface area contributed by atoms with Crippen LogP contribution in [0.2, 0.25) is 5.02 Å². The summed E-state index contributed by atoms with van der Waals surface area (Å²) < 4.78 is 36.7. The Bertz CT molecular complexity index is 1530. The second-order valence-corrected chi connectivity index (χ2v) is 10.1. The highest BCUT2D eigenvalue weighted by molar-refractivity contribution is 6.33. The molecule has 4 rings (SSSR count). The van der Waals surface area contributed by atoms with Gasteiger partial charge in [-0.2, -0.15) is 9.97 Å². The van der Waals surface area contributed by atoms with Crippen molar-refractivity contribution in [3.63, 3.8) is 0 Å². The summed E-state index contributed by atoms with van der Waals surface area (Å²) in [5.74, 6) is -1.74. The maximum absolute atomic E-state index is 16.3. The van der Waals surface area contributed by atoms with E-state index < -0.39 is 28.5 Å². The highest BCUT2D eigenvalue weighted by Crippen LogP contribution is 2.40. The number of aliphatic hydroxyl groups is 1. The van der Waals surface area contributed by atoms with Crippen LogP contribution in [0.3, 0.4) is 0 Å². The Labute approximate surface area is 241 Å². The maximum Gasteiger partial charge on any atom is 0.319 e. The van der Waals surface area contributed by atoms with Crippen molar-refractivity contribution in [3.05, 3.63) is 77.1 Å². The fourth-order valence-electron chi connectivity index (χ4n) is 4.87. The molecule has 1 aliphatic heterocycles. The average Bonchev–Trinajstić information content (AvgIpc) is 2.92. The zero-order chi connectivity index (χ0) is 29.8. The number of hydrogen-bond acceptors (Lipinski definition) is 8. The van der Waals surface area contributed by atoms with Gasteiger partial charge in [-0.05, 0) is 39.0 Å². The summed E-state index contributed by atoms with van der Waals surface area (Å²) >= 11 is 6.53. The molecule has 0 radical (unpaired) electrons. The monoisotopic (exact) mass is 584 g/mol. The quantitative estimate of drug-likeness (QED) is 0.269. The number of allylic oxidation sites excluding steroid dienone is 4. The van der Waals surface area contributed by atoms with Crippen LogP contribution in [0, 0.1) is 5.82 Å². The Morgan fingerprint density at radius 2 is 1.95 bits per heavy atom. The van der Waals surface area contributed by atoms with Crippen LogP contribution in [0.15, 0.2) is 54.8 Å². The Hall–Kier alpha value is -4.12. The van der Waals surface area contributed by atoms with Gasteiger partial charge < -0.3 is 19.6 Å². The number of nitrogens with zero attached hydrogens (tertiary/aromatic N) is 6. The van der Waals surface area contributed by atoms with E-state index in [0.717, 1.165) is 0 Å². The van der Waals surface area contributed by atoms with Gasteiger partial charge in [-0.3, -0.25) is 4.79 Å². The molecule has 3 aromatic rings. The van der Waals surface area contributed by atoms with Gasteiger partial charge in [0.1, 0.15) is 28.7 Å². The summed E-state index contributed by atoms with van der Waals surface area (Å²) in [5, 5.41) is 10.6. The van der Waals surface area contributed by atoms with E-state index in [0.29, 0.717) is 31.2 Å². The third-order valence-electron chi connectivity index (χ3n) is 6.78. The minimum absolute atomic E-state index is 0.0471. The number of rotatable bonds is 8. The first-order valence-electron chi connectivity index (χ1n) is 13.1. The largest absolute Gasteiger partial charge is 0.507 e. The van der Waals surface area contributed by atoms with Crippen molar-refractivity contribution in [2.24, 2.45) is 0 Å². The van der Waals surface area contributed by atoms with Crippen molar-refractivity contribution in [1.29, 1.82) is 0 Å². The average molecular weight is 585 g/mol. The van der Waals surface area contributed by atoms with Gasteiger partial charge in [0, 0.05) is 61.9 Å². The first-order valence-corrected chi connectivity index (χ1v) is 13.4. The smallest absolute Gasteiger partial charge is 0.319 e. The number of ether oxygens (including phenoxy) is 1. The third-order valence-corrected chi connectivity index (χ3v) is 7.08. The summed E-state index contributed by atoms with van der Waals surface area (Å²) in [6, 6.07) is 2.67. The van der Waals surface area contributed by atoms with Crippen molar-refractivity contribution in [2.45, 2.75) is 46.2 Å². The van der Waals surface area contributed by atoms with Crippen molar-refractivity contribution >= 4 is 39.8 Å². The summed E-state index contributed by atoms with van der Waals surface area (Å²) in [6.07, 6.45) is 6.26. The molecule has 1 fully saturated rings. The van der Waals surface area contributed by atoms with E-state index in [4.69, 9.17) is 16.3 Å². The van der Waals surface area contributed by atoms with Gasteiger partial charge in [0.25, 0.3) is 0 Å². The molecule has 1 N–H and O–H groups in total. The second kappa shape index (κ2) is 12.6. The Balaban J connectivity index is 1.87. The second-order valence-electron chi connectivity index (χ2n) is 9.72. The van der Waals surface area contributed by atoms with E-state index >= 15 is 4.39 Å². The molecule has 41 heavy (non-hydrogen) atoms. The minimum atomic E-state index is -1.07. The molecule has 12 heteroatoms. The molecule has 2 aromatic heterocycles. The van der Waals surface area contributed by atoms with E-state index in [2.05, 4.69) is 26.5 Å². The first kappa shape index (κ1) is 29.9. The Morgan fingerprint density at radius 1 is 1.24 bits per heavy atom. The molecule has 9 nitrogen and oxygen atoms in total. The van der Waals surface area contributed by atoms with E-state index in [1.54, 1.807) is 30.3 Å². The number of aromatic nitrogens is 4. The minimum Gasteiger partial charge on any atom is -0.507 e. The topological polar surface area (TPSA) is 105 Å². The zero-order valence-electron chi connectivity index (χ0n) is 23.2. The van der Waals surface area contributed by atoms with Gasteiger partial charge in [0.2, 0.25) is 5.91 Å². The standard InChI is InChI=1S/C29H31ClF2N6O3/c1-6-8-22(40)24(18(4)31)25-21(30)13-20-27(26(25)32)35-29(41-12-9-23-33-10-7-11-34-23)36-28(20)38-15-16(2)37(19(5)39)14-17(38)3/h6-8,10-11,13,16-17,40H,4,9,12,14-15H2,1-3,5H3/b8-6-,24-22-/t16-,17+/m0/s1. The fraction of sp³-hybridized carbons (Fsp3) is 0.345. The lowest BCUT2D eigenvalue weighted by Gasteiger charge is -2.44. The highest BCUT2D eigenvalue weighted by atomic mass is 35.5. The van der Waals surface area contributed by atoms with Crippen LogP contribution in [-0.2, 0) is 11.2 Å². The number of amides is 1. The van der Waals surface area contributed by atoms with Crippen molar-refractivity contribution in [2.75, 3.05) is 24.6 Å². The number of benzene rings is 1. The zero-order valence-corrected chi connectivity index (χ0v) is 24.0. The number of anilines is 1. The lowest BCUT2D eigenvalue weighted by Crippen LogP contribution is -2.58. The van der Waals surface area contributed by atoms with Crippen molar-refractivity contribution in [3.8, 4) is 6.01 Å². The Morgan fingerprint density at radius 3 is 2.59 bits per heavy atom. The predicted molar refractivity (Wildman–Crippen MR) is 154 cm³/mol.